The smallest absolute Gasteiger partial charge is 0.297 e. The molecular formula is C23H19N5O4. The Labute approximate surface area is 181 Å². The number of rotatable bonds is 7. The second kappa shape index (κ2) is 8.38. The number of hydrogen-bond donors (Lipinski definition) is 1. The van der Waals surface area contributed by atoms with Gasteiger partial charge in [0.1, 0.15) is 30.0 Å². The molecule has 160 valence electrons. The van der Waals surface area contributed by atoms with Crippen LogP contribution in [0.2, 0.25) is 0 Å². The topological polar surface area (TPSA) is 104 Å². The Kier molecular flexibility index (Phi) is 5.12. The molecule has 1 amide bonds. The molecule has 0 saturated heterocycles. The number of fused-ring (bicyclic) bond motifs is 3. The third kappa shape index (κ3) is 3.83. The highest BCUT2D eigenvalue weighted by Gasteiger charge is 2.15. The van der Waals surface area contributed by atoms with E-state index < -0.39 is 5.56 Å². The lowest BCUT2D eigenvalue weighted by atomic mass is 10.2. The zero-order valence-corrected chi connectivity index (χ0v) is 17.0. The minimum absolute atomic E-state index is 0.129. The van der Waals surface area contributed by atoms with Crippen LogP contribution in [-0.2, 0) is 17.9 Å². The maximum Gasteiger partial charge on any atom is 0.297 e. The Balaban J connectivity index is 1.31. The predicted molar refractivity (Wildman–Crippen MR) is 119 cm³/mol. The standard InChI is InChI=1S/C23H19N5O4/c29-20(26-17-6-2-4-8-19(17)31-12-11-27-10-9-24-14-27)13-28-15-25-21-16-5-1-3-7-18(16)32-22(21)23(28)30/h1-10,14-15H,11-13H2,(H,26,29). The summed E-state index contributed by atoms with van der Waals surface area (Å²) < 4.78 is 14.6. The summed E-state index contributed by atoms with van der Waals surface area (Å²) in [5.74, 6) is 0.161. The Morgan fingerprint density at radius 1 is 1.09 bits per heavy atom. The fourth-order valence-electron chi connectivity index (χ4n) is 3.45. The fourth-order valence-corrected chi connectivity index (χ4v) is 3.45. The maximum atomic E-state index is 12.8. The minimum atomic E-state index is -0.411. The quantitative estimate of drug-likeness (QED) is 0.426. The Morgan fingerprint density at radius 3 is 2.81 bits per heavy atom. The number of hydrogen-bond acceptors (Lipinski definition) is 6. The van der Waals surface area contributed by atoms with E-state index in [1.54, 1.807) is 36.8 Å². The summed E-state index contributed by atoms with van der Waals surface area (Å²) in [6.45, 7) is 0.832. The highest BCUT2D eigenvalue weighted by atomic mass is 16.5. The summed E-state index contributed by atoms with van der Waals surface area (Å²) in [5, 5.41) is 3.57. The van der Waals surface area contributed by atoms with Gasteiger partial charge in [0.15, 0.2) is 0 Å². The molecule has 0 spiro atoms. The van der Waals surface area contributed by atoms with Crippen molar-refractivity contribution in [3.05, 3.63) is 83.9 Å². The zero-order chi connectivity index (χ0) is 21.9. The van der Waals surface area contributed by atoms with Gasteiger partial charge in [0, 0.05) is 17.8 Å². The summed E-state index contributed by atoms with van der Waals surface area (Å²) in [7, 11) is 0. The molecule has 0 aliphatic rings. The highest BCUT2D eigenvalue weighted by molar-refractivity contribution is 6.01. The second-order valence-electron chi connectivity index (χ2n) is 7.15. The molecule has 0 bridgehead atoms. The molecule has 0 atom stereocenters. The van der Waals surface area contributed by atoms with Crippen LogP contribution in [0.4, 0.5) is 5.69 Å². The first kappa shape index (κ1) is 19.6. The van der Waals surface area contributed by atoms with Crippen LogP contribution in [0.15, 0.2) is 82.8 Å². The van der Waals surface area contributed by atoms with Crippen LogP contribution < -0.4 is 15.6 Å². The number of aromatic nitrogens is 4. The van der Waals surface area contributed by atoms with Gasteiger partial charge in [0.2, 0.25) is 11.5 Å². The van der Waals surface area contributed by atoms with E-state index in [9.17, 15) is 9.59 Å². The van der Waals surface area contributed by atoms with E-state index in [4.69, 9.17) is 9.15 Å². The van der Waals surface area contributed by atoms with Crippen molar-refractivity contribution in [1.29, 1.82) is 0 Å². The van der Waals surface area contributed by atoms with E-state index in [1.807, 2.05) is 35.0 Å². The molecule has 0 fully saturated rings. The number of furan rings is 1. The molecule has 3 heterocycles. The van der Waals surface area contributed by atoms with Gasteiger partial charge in [0.25, 0.3) is 5.56 Å². The predicted octanol–water partition coefficient (Wildman–Crippen LogP) is 3.06. The molecule has 5 aromatic rings. The van der Waals surface area contributed by atoms with Crippen molar-refractivity contribution in [2.45, 2.75) is 13.1 Å². The van der Waals surface area contributed by atoms with E-state index in [2.05, 4.69) is 15.3 Å². The van der Waals surface area contributed by atoms with Crippen molar-refractivity contribution in [1.82, 2.24) is 19.1 Å². The SMILES string of the molecule is O=C(Cn1cnc2c(oc3ccccc32)c1=O)Nc1ccccc1OCCn1ccnc1. The van der Waals surface area contributed by atoms with Gasteiger partial charge in [-0.2, -0.15) is 0 Å². The van der Waals surface area contributed by atoms with Gasteiger partial charge in [-0.3, -0.25) is 14.2 Å². The van der Waals surface area contributed by atoms with E-state index >= 15 is 0 Å². The first-order valence-electron chi connectivity index (χ1n) is 10.0. The molecule has 32 heavy (non-hydrogen) atoms. The molecule has 9 nitrogen and oxygen atoms in total. The van der Waals surface area contributed by atoms with Crippen LogP contribution in [0, 0.1) is 0 Å². The van der Waals surface area contributed by atoms with Crippen molar-refractivity contribution >= 4 is 33.7 Å². The molecule has 0 aliphatic carbocycles. The lowest BCUT2D eigenvalue weighted by molar-refractivity contribution is -0.116. The van der Waals surface area contributed by atoms with Crippen LogP contribution in [-0.4, -0.2) is 31.6 Å². The average molecular weight is 429 g/mol. The van der Waals surface area contributed by atoms with E-state index in [0.29, 0.717) is 35.7 Å². The monoisotopic (exact) mass is 429 g/mol. The number of para-hydroxylation sites is 3. The molecule has 3 aromatic heterocycles. The van der Waals surface area contributed by atoms with Crippen molar-refractivity contribution in [2.24, 2.45) is 0 Å². The molecule has 9 heteroatoms. The molecule has 2 aromatic carbocycles. The summed E-state index contributed by atoms with van der Waals surface area (Å²) in [4.78, 5) is 33.8. The van der Waals surface area contributed by atoms with Crippen LogP contribution in [0.3, 0.4) is 0 Å². The van der Waals surface area contributed by atoms with Crippen LogP contribution >= 0.6 is 0 Å². The van der Waals surface area contributed by atoms with E-state index in [0.717, 1.165) is 5.39 Å². The molecule has 5 rings (SSSR count). The maximum absolute atomic E-state index is 12.8. The largest absolute Gasteiger partial charge is 0.490 e. The minimum Gasteiger partial charge on any atom is -0.490 e. The Bertz CT molecular complexity index is 1450. The average Bonchev–Trinajstić information content (AvgIpc) is 3.45. The van der Waals surface area contributed by atoms with E-state index in [-0.39, 0.29) is 18.0 Å². The summed E-state index contributed by atoms with van der Waals surface area (Å²) in [5.41, 5.74) is 1.31. The van der Waals surface area contributed by atoms with Gasteiger partial charge < -0.3 is 19.0 Å². The number of anilines is 1. The molecule has 1 N–H and O–H groups in total. The number of amides is 1. The van der Waals surface area contributed by atoms with Crippen LogP contribution in [0.1, 0.15) is 0 Å². The summed E-state index contributed by atoms with van der Waals surface area (Å²) >= 11 is 0. The van der Waals surface area contributed by atoms with Crippen LogP contribution in [0.5, 0.6) is 5.75 Å². The number of imidazole rings is 1. The molecule has 0 saturated carbocycles. The zero-order valence-electron chi connectivity index (χ0n) is 17.0. The van der Waals surface area contributed by atoms with Crippen molar-refractivity contribution in [2.75, 3.05) is 11.9 Å². The van der Waals surface area contributed by atoms with Gasteiger partial charge in [-0.25, -0.2) is 9.97 Å². The lowest BCUT2D eigenvalue weighted by Gasteiger charge is -2.13. The normalized spacial score (nSPS) is 11.1. The van der Waals surface area contributed by atoms with Gasteiger partial charge >= 0.3 is 0 Å². The third-order valence-corrected chi connectivity index (χ3v) is 4.99. The van der Waals surface area contributed by atoms with Crippen LogP contribution in [0.25, 0.3) is 22.1 Å². The van der Waals surface area contributed by atoms with E-state index in [1.165, 1.54) is 10.9 Å². The number of benzene rings is 2. The highest BCUT2D eigenvalue weighted by Crippen LogP contribution is 2.25. The summed E-state index contributed by atoms with van der Waals surface area (Å²) in [6, 6.07) is 14.4. The molecule has 0 radical (unpaired) electrons. The Hall–Kier alpha value is -4.40. The van der Waals surface area contributed by atoms with Gasteiger partial charge in [-0.15, -0.1) is 0 Å². The van der Waals surface area contributed by atoms with Gasteiger partial charge in [0.05, 0.1) is 24.9 Å². The first-order valence-corrected chi connectivity index (χ1v) is 10.0. The third-order valence-electron chi connectivity index (χ3n) is 4.99. The van der Waals surface area contributed by atoms with Crippen molar-refractivity contribution in [3.8, 4) is 5.75 Å². The van der Waals surface area contributed by atoms with Gasteiger partial charge in [-0.1, -0.05) is 24.3 Å². The number of carbonyl (C=O) groups excluding carboxylic acids is 1. The molecular weight excluding hydrogens is 410 g/mol. The number of ether oxygens (including phenoxy) is 1. The summed E-state index contributed by atoms with van der Waals surface area (Å²) in [6.07, 6.45) is 6.62. The van der Waals surface area contributed by atoms with Gasteiger partial charge in [-0.05, 0) is 24.3 Å². The number of nitrogens with one attached hydrogen (secondary N) is 1. The van der Waals surface area contributed by atoms with Crippen molar-refractivity contribution in [3.63, 3.8) is 0 Å². The Morgan fingerprint density at radius 2 is 1.94 bits per heavy atom. The number of carbonyl (C=O) groups is 1. The number of nitrogens with zero attached hydrogens (tertiary/aromatic N) is 4. The fraction of sp³-hybridized carbons (Fsp3) is 0.130. The first-order chi connectivity index (χ1) is 15.7. The molecule has 0 unspecified atom stereocenters. The second-order valence-corrected chi connectivity index (χ2v) is 7.15. The van der Waals surface area contributed by atoms with Crippen molar-refractivity contribution < 1.29 is 13.9 Å². The lowest BCUT2D eigenvalue weighted by Crippen LogP contribution is -2.27. The molecule has 0 aliphatic heterocycles.